The largest absolute Gasteiger partial charge is 0.454 e. The van der Waals surface area contributed by atoms with Gasteiger partial charge in [0.15, 0.2) is 49.3 Å². The average Bonchev–Trinajstić information content (AvgIpc) is 0.688. The maximum atomic E-state index is 15.2. The highest BCUT2D eigenvalue weighted by Crippen LogP contribution is 2.53. The maximum absolute atomic E-state index is 15.2. The summed E-state index contributed by atoms with van der Waals surface area (Å²) in [6, 6.07) is 89.6. The number of rotatable bonds is 45. The summed E-state index contributed by atoms with van der Waals surface area (Å²) in [5.74, 6) is -3.32. The highest BCUT2D eigenvalue weighted by molar-refractivity contribution is 6.76. The molecule has 30 heteroatoms. The number of nitrogens with one attached hydrogen (secondary N) is 1. The van der Waals surface area contributed by atoms with E-state index in [9.17, 15) is 24.6 Å². The number of amides is 1. The Bertz CT molecular complexity index is 5540. The first kappa shape index (κ1) is 106. The molecular weight excluding hydrogens is 1880 g/mol. The number of aliphatic hydroxyl groups is 4. The molecule has 0 spiro atoms. The van der Waals surface area contributed by atoms with Gasteiger partial charge in [0.2, 0.25) is 0 Å². The molecule has 142 heavy (non-hydrogen) atoms. The van der Waals surface area contributed by atoms with Crippen LogP contribution in [0, 0.1) is 0 Å². The molecule has 15 rings (SSSR count). The monoisotopic (exact) mass is 2000 g/mol. The van der Waals surface area contributed by atoms with Crippen LogP contribution in [-0.4, -0.2) is 219 Å². The fourth-order valence-corrected chi connectivity index (χ4v) is 19.2. The molecule has 5 aliphatic rings. The SMILES string of the molecule is C=CCO[C@@H]1O[C@H](COCc2ccccc2)[C@@H](OCc2ccccc2)[C@H](O[C@@H]2O[C@@H](C)[C@H](O[C@H]3O[C@H](C(O)Cc4ccccc4)[C@](O)(Cc4ccccc4)[C@@](O)(Cc4ccccc4)[C@]3(O)Cc3ccccc3)[C@@H](O[C@@H]3O[C@@H](C)[C@H](OCc4ccccc4)[C@@H](OCc4ccccc4)[C@H]3O[C@@H]3O[C@@H](C)[C@H](OCc4ccccc4)[C@@H](OCc4ccccc4)[C@H]3OC(=O)CCC(C)=O)[C@H]2OC(C)=O)[C@H]1NC(=O)C(Cl)(Cl)Cl. The van der Waals surface area contributed by atoms with Crippen molar-refractivity contribution in [2.45, 2.75) is 275 Å². The van der Waals surface area contributed by atoms with E-state index in [2.05, 4.69) is 11.9 Å². The number of carbonyl (C=O) groups excluding carboxylic acids is 4. The number of hydrogen-bond acceptors (Lipinski definition) is 26. The van der Waals surface area contributed by atoms with Gasteiger partial charge in [0.1, 0.15) is 90.2 Å². The molecule has 26 atom stereocenters. The van der Waals surface area contributed by atoms with Crippen molar-refractivity contribution in [1.29, 1.82) is 0 Å². The summed E-state index contributed by atoms with van der Waals surface area (Å²) in [4.78, 5) is 58.0. The molecule has 27 nitrogen and oxygen atoms in total. The van der Waals surface area contributed by atoms with Crippen molar-refractivity contribution in [2.24, 2.45) is 0 Å². The molecule has 5 fully saturated rings. The molecule has 1 amide bonds. The summed E-state index contributed by atoms with van der Waals surface area (Å²) in [6.45, 7) is 10.7. The van der Waals surface area contributed by atoms with Crippen LogP contribution in [0.2, 0.25) is 0 Å². The van der Waals surface area contributed by atoms with Crippen LogP contribution >= 0.6 is 34.8 Å². The predicted octanol–water partition coefficient (Wildman–Crippen LogP) is 15.2. The summed E-state index contributed by atoms with van der Waals surface area (Å²) >= 11 is 19.7. The standard InChI is InChI=1S/C112H124Cl3NO26/c1-7-60-126-103-90(116-107(121)112(113,114)115)95(94(129-68-84-52-32-15-33-53-84)88(136-103)71-125-65-81-46-26-12-27-47-81)138-106-101(135-76(6)118)98(93(75(5)134-106)141-108-110(123,63-79-42-22-10-23-43-79)111(124,64-80-44-24-11-25-45-80)109(122,62-78-40-20-9-21-41-78)102(142-108)87(119)61-77-38-18-8-19-39-77)139-105-100(97(131-70-86-56-36-17-37-57-86)92(74(4)133-105)128-67-83-50-30-14-31-51-83)140-104-99(137-89(120)59-58-72(2)117)96(130-69-85-54-34-16-35-55-85)91(73(3)132-104)127-66-82-48-28-13-29-49-82/h7-57,73-75,87-88,90-106,108,119,122-124H,1,58-71H2,2-6H3,(H,116,121)/t73-,74-,75-,87?,88+,90+,91-,92-,93-,94+,95+,96+,97+,98+,99+,100+,101+,102+,103+,104-,105-,106-,108-,109+,110-,111-/m0/s1. The van der Waals surface area contributed by atoms with Crippen LogP contribution in [-0.2, 0) is 170 Å². The number of ether oxygens (including phenoxy) is 18. The van der Waals surface area contributed by atoms with E-state index < -0.39 is 199 Å². The average molecular weight is 2010 g/mol. The second-order valence-corrected chi connectivity index (χ2v) is 38.9. The van der Waals surface area contributed by atoms with Gasteiger partial charge in [-0.2, -0.15) is 0 Å². The molecule has 1 unspecified atom stereocenters. The van der Waals surface area contributed by atoms with Crippen molar-refractivity contribution >= 4 is 58.4 Å². The van der Waals surface area contributed by atoms with Gasteiger partial charge in [-0.15, -0.1) is 6.58 Å². The molecule has 10 aromatic rings. The summed E-state index contributed by atoms with van der Waals surface area (Å²) in [7, 11) is 0. The Kier molecular flexibility index (Phi) is 38.0. The normalized spacial score (nSPS) is 29.6. The van der Waals surface area contributed by atoms with Gasteiger partial charge in [-0.05, 0) is 83.3 Å². The third-order valence-electron chi connectivity index (χ3n) is 26.1. The van der Waals surface area contributed by atoms with Crippen LogP contribution < -0.4 is 5.32 Å². The summed E-state index contributed by atoms with van der Waals surface area (Å²) in [5.41, 5.74) is -2.22. The predicted molar refractivity (Wildman–Crippen MR) is 526 cm³/mol. The minimum absolute atomic E-state index is 0.0287. The zero-order valence-corrected chi connectivity index (χ0v) is 82.0. The Hall–Kier alpha value is -9.91. The van der Waals surface area contributed by atoms with Gasteiger partial charge in [0.05, 0.1) is 83.7 Å². The first-order valence-electron chi connectivity index (χ1n) is 48.0. The lowest BCUT2D eigenvalue weighted by atomic mass is 9.58. The second kappa shape index (κ2) is 50.7. The fraction of sp³-hybridized carbons (Fsp3) is 0.411. The van der Waals surface area contributed by atoms with E-state index in [1.165, 1.54) is 13.0 Å². The highest BCUT2D eigenvalue weighted by atomic mass is 35.6. The van der Waals surface area contributed by atoms with E-state index >= 15 is 15.0 Å². The summed E-state index contributed by atoms with van der Waals surface area (Å²) < 4.78 is 127. The Labute approximate surface area is 843 Å². The van der Waals surface area contributed by atoms with E-state index in [0.717, 1.165) is 29.2 Å². The Morgan fingerprint density at radius 3 is 1.17 bits per heavy atom. The van der Waals surface area contributed by atoms with E-state index in [0.29, 0.717) is 33.4 Å². The smallest absolute Gasteiger partial charge is 0.306 e. The molecule has 0 aliphatic carbocycles. The molecule has 5 saturated heterocycles. The van der Waals surface area contributed by atoms with Crippen LogP contribution in [0.25, 0.3) is 0 Å². The molecule has 0 bridgehead atoms. The van der Waals surface area contributed by atoms with Gasteiger partial charge in [-0.3, -0.25) is 14.4 Å². The third kappa shape index (κ3) is 27.4. The van der Waals surface area contributed by atoms with E-state index in [-0.39, 0.29) is 77.9 Å². The van der Waals surface area contributed by atoms with Crippen molar-refractivity contribution in [2.75, 3.05) is 13.2 Å². The van der Waals surface area contributed by atoms with Crippen molar-refractivity contribution < 1.29 is 125 Å². The van der Waals surface area contributed by atoms with Gasteiger partial charge in [-0.25, -0.2) is 0 Å². The number of Topliss-reactive ketones (excluding diaryl/α,β-unsaturated/α-hetero) is 1. The third-order valence-corrected chi connectivity index (χ3v) is 26.6. The molecule has 5 N–H and O–H groups in total. The van der Waals surface area contributed by atoms with Gasteiger partial charge in [-0.1, -0.05) is 344 Å². The zero-order chi connectivity index (χ0) is 99.8. The van der Waals surface area contributed by atoms with Crippen LogP contribution in [0.5, 0.6) is 0 Å². The summed E-state index contributed by atoms with van der Waals surface area (Å²) in [5, 5.41) is 61.5. The lowest BCUT2D eigenvalue weighted by molar-refractivity contribution is -0.435. The zero-order valence-electron chi connectivity index (χ0n) is 79.7. The molecule has 754 valence electrons. The van der Waals surface area contributed by atoms with Crippen LogP contribution in [0.3, 0.4) is 0 Å². The molecule has 0 radical (unpaired) electrons. The van der Waals surface area contributed by atoms with Crippen molar-refractivity contribution in [3.63, 3.8) is 0 Å². The molecular formula is C112H124Cl3NO26. The molecule has 0 saturated carbocycles. The summed E-state index contributed by atoms with van der Waals surface area (Å²) in [6.07, 6.45) is -36.3. The molecule has 0 aromatic heterocycles. The van der Waals surface area contributed by atoms with Gasteiger partial charge in [0, 0.05) is 39.0 Å². The van der Waals surface area contributed by atoms with E-state index in [1.807, 2.05) is 188 Å². The van der Waals surface area contributed by atoms with E-state index in [4.69, 9.17) is 120 Å². The second-order valence-electron chi connectivity index (χ2n) is 36.6. The Morgan fingerprint density at radius 2 is 0.746 bits per heavy atom. The lowest BCUT2D eigenvalue weighted by Crippen LogP contribution is -2.84. The van der Waals surface area contributed by atoms with Crippen molar-refractivity contribution in [3.05, 3.63) is 372 Å². The highest BCUT2D eigenvalue weighted by Gasteiger charge is 2.74. The number of hydrogen-bond donors (Lipinski definition) is 5. The molecule has 5 aliphatic heterocycles. The Balaban J connectivity index is 0.947. The lowest BCUT2D eigenvalue weighted by Gasteiger charge is -2.62. The molecule has 10 aromatic carbocycles. The first-order valence-corrected chi connectivity index (χ1v) is 49.1. The van der Waals surface area contributed by atoms with Gasteiger partial charge in [0.25, 0.3) is 9.70 Å². The number of halogens is 3. The number of esters is 2. The first-order chi connectivity index (χ1) is 68.7. The van der Waals surface area contributed by atoms with Gasteiger partial charge >= 0.3 is 11.9 Å². The number of carbonyl (C=O) groups is 4. The number of ketones is 1. The van der Waals surface area contributed by atoms with E-state index in [1.54, 1.807) is 136 Å². The van der Waals surface area contributed by atoms with Crippen molar-refractivity contribution in [1.82, 2.24) is 5.32 Å². The van der Waals surface area contributed by atoms with Crippen molar-refractivity contribution in [3.8, 4) is 0 Å². The van der Waals surface area contributed by atoms with Crippen LogP contribution in [0.15, 0.2) is 316 Å². The van der Waals surface area contributed by atoms with Crippen LogP contribution in [0.4, 0.5) is 0 Å². The topological polar surface area (TPSA) is 327 Å². The number of benzene rings is 10. The minimum Gasteiger partial charge on any atom is -0.454 e. The quantitative estimate of drug-likeness (QED) is 0.0134. The maximum Gasteiger partial charge on any atom is 0.306 e. The Morgan fingerprint density at radius 1 is 0.387 bits per heavy atom. The molecule has 5 heterocycles. The minimum atomic E-state index is -2.92. The number of aliphatic hydroxyl groups excluding tert-OH is 1. The van der Waals surface area contributed by atoms with Gasteiger partial charge < -0.3 is 116 Å². The fourth-order valence-electron chi connectivity index (χ4n) is 19.1. The number of alkyl halides is 3. The van der Waals surface area contributed by atoms with Crippen LogP contribution in [0.1, 0.15) is 103 Å².